The Hall–Kier alpha value is -2.15. The van der Waals surface area contributed by atoms with E-state index in [1.807, 2.05) is 26.4 Å². The lowest BCUT2D eigenvalue weighted by Gasteiger charge is -2.34. The Balaban J connectivity index is 0.00000149. The van der Waals surface area contributed by atoms with Gasteiger partial charge >= 0.3 is 0 Å². The van der Waals surface area contributed by atoms with E-state index >= 15 is 0 Å². The lowest BCUT2D eigenvalue weighted by atomic mass is 9.84. The van der Waals surface area contributed by atoms with Crippen molar-refractivity contribution in [1.82, 2.24) is 20.2 Å². The van der Waals surface area contributed by atoms with E-state index in [1.54, 1.807) is 7.11 Å². The quantitative estimate of drug-likeness (QED) is 0.611. The molecule has 4 rings (SSSR count). The second-order valence-corrected chi connectivity index (χ2v) is 9.42. The summed E-state index contributed by atoms with van der Waals surface area (Å²) in [5.74, 6) is 1.68. The average molecular weight is 458 g/mol. The maximum atomic E-state index is 12.5. The first-order valence-electron chi connectivity index (χ1n) is 12.9. The van der Waals surface area contributed by atoms with E-state index in [1.165, 1.54) is 18.5 Å². The van der Waals surface area contributed by atoms with Crippen LogP contribution in [0.5, 0.6) is 0 Å². The van der Waals surface area contributed by atoms with Gasteiger partial charge < -0.3 is 19.9 Å². The standard InChI is InChI=1S/C24H37N5O2.C2H6/c1-17(14-23(30)27-19-6-10-21(31-2)11-7-19)24-26-15-22(28-24)18-4-8-20(9-5-18)29-13-3-12-25-16-29;1-2/h3,13,15-21H,4-12,14H2,1-2H3,(H,26,28)(H,27,30);1-2H3/t17-,18?,19?,20?,21?;/m0./s1. The van der Waals surface area contributed by atoms with Crippen molar-refractivity contribution in [3.8, 4) is 0 Å². The third kappa shape index (κ3) is 7.16. The normalized spacial score (nSPS) is 28.1. The number of hydrogen-bond acceptors (Lipinski definition) is 5. The summed E-state index contributed by atoms with van der Waals surface area (Å²) >= 11 is 0. The number of carbonyl (C=O) groups is 1. The summed E-state index contributed by atoms with van der Waals surface area (Å²) in [6, 6.07) is 0.841. The van der Waals surface area contributed by atoms with E-state index in [0.717, 1.165) is 50.9 Å². The van der Waals surface area contributed by atoms with Crippen molar-refractivity contribution in [3.63, 3.8) is 0 Å². The molecule has 7 nitrogen and oxygen atoms in total. The van der Waals surface area contributed by atoms with Crippen LogP contribution >= 0.6 is 0 Å². The van der Waals surface area contributed by atoms with Crippen LogP contribution in [0.3, 0.4) is 0 Å². The Bertz CT molecular complexity index is 761. The van der Waals surface area contributed by atoms with E-state index in [2.05, 4.69) is 44.4 Å². The molecule has 0 bridgehead atoms. The van der Waals surface area contributed by atoms with Gasteiger partial charge in [0.1, 0.15) is 5.82 Å². The van der Waals surface area contributed by atoms with Gasteiger partial charge in [-0.25, -0.2) is 4.98 Å². The highest BCUT2D eigenvalue weighted by Gasteiger charge is 2.27. The van der Waals surface area contributed by atoms with Crippen molar-refractivity contribution in [2.75, 3.05) is 13.7 Å². The number of rotatable bonds is 7. The third-order valence-corrected chi connectivity index (χ3v) is 7.21. The maximum Gasteiger partial charge on any atom is 0.220 e. The molecule has 0 unspecified atom stereocenters. The van der Waals surface area contributed by atoms with Crippen LogP contribution in [-0.2, 0) is 9.53 Å². The molecule has 0 saturated heterocycles. The molecular formula is C26H43N5O2. The van der Waals surface area contributed by atoms with Crippen LogP contribution < -0.4 is 5.32 Å². The minimum Gasteiger partial charge on any atom is -0.381 e. The summed E-state index contributed by atoms with van der Waals surface area (Å²) in [6.45, 7) is 6.89. The number of nitrogens with one attached hydrogen (secondary N) is 2. The van der Waals surface area contributed by atoms with Gasteiger partial charge in [0.25, 0.3) is 0 Å². The molecule has 2 heterocycles. The smallest absolute Gasteiger partial charge is 0.220 e. The van der Waals surface area contributed by atoms with E-state index in [9.17, 15) is 4.79 Å². The number of H-pyrrole nitrogens is 1. The molecule has 0 aromatic carbocycles. The highest BCUT2D eigenvalue weighted by Crippen LogP contribution is 2.34. The second-order valence-electron chi connectivity index (χ2n) is 9.42. The summed E-state index contributed by atoms with van der Waals surface area (Å²) in [5.41, 5.74) is 1.22. The molecule has 3 aliphatic rings. The van der Waals surface area contributed by atoms with Gasteiger partial charge in [0, 0.05) is 55.5 Å². The van der Waals surface area contributed by atoms with Gasteiger partial charge in [-0.2, -0.15) is 0 Å². The Morgan fingerprint density at radius 3 is 2.55 bits per heavy atom. The minimum absolute atomic E-state index is 0.0927. The molecule has 0 spiro atoms. The number of amides is 1. The number of hydrogen-bond donors (Lipinski definition) is 2. The number of nitrogens with zero attached hydrogens (tertiary/aromatic N) is 3. The van der Waals surface area contributed by atoms with E-state index in [4.69, 9.17) is 4.74 Å². The molecule has 2 fully saturated rings. The van der Waals surface area contributed by atoms with Gasteiger partial charge in [0.2, 0.25) is 5.91 Å². The molecule has 2 saturated carbocycles. The maximum absolute atomic E-state index is 12.5. The van der Waals surface area contributed by atoms with Crippen molar-refractivity contribution in [1.29, 1.82) is 0 Å². The van der Waals surface area contributed by atoms with Crippen molar-refractivity contribution < 1.29 is 9.53 Å². The molecule has 0 radical (unpaired) electrons. The van der Waals surface area contributed by atoms with Gasteiger partial charge in [-0.05, 0) is 57.4 Å². The topological polar surface area (TPSA) is 82.6 Å². The number of methoxy groups -OCH3 is 1. The monoisotopic (exact) mass is 457 g/mol. The molecule has 1 aliphatic heterocycles. The van der Waals surface area contributed by atoms with E-state index < -0.39 is 0 Å². The second kappa shape index (κ2) is 12.9. The Kier molecular flexibility index (Phi) is 9.97. The van der Waals surface area contributed by atoms with Crippen LogP contribution in [-0.4, -0.2) is 59.0 Å². The Morgan fingerprint density at radius 2 is 1.91 bits per heavy atom. The van der Waals surface area contributed by atoms with Crippen LogP contribution in [0.1, 0.15) is 102 Å². The van der Waals surface area contributed by atoms with Crippen LogP contribution in [0.4, 0.5) is 0 Å². The number of ether oxygens (including phenoxy) is 1. The van der Waals surface area contributed by atoms with Crippen LogP contribution in [0.15, 0.2) is 23.5 Å². The predicted molar refractivity (Wildman–Crippen MR) is 133 cm³/mol. The zero-order chi connectivity index (χ0) is 23.6. The summed E-state index contributed by atoms with van der Waals surface area (Å²) in [7, 11) is 1.77. The van der Waals surface area contributed by atoms with E-state index in [-0.39, 0.29) is 17.9 Å². The number of aliphatic imine (C=N–C) groups is 1. The van der Waals surface area contributed by atoms with Gasteiger partial charge in [0.05, 0.1) is 19.0 Å². The third-order valence-electron chi connectivity index (χ3n) is 7.21. The van der Waals surface area contributed by atoms with Gasteiger partial charge in [-0.1, -0.05) is 20.8 Å². The van der Waals surface area contributed by atoms with Gasteiger partial charge in [-0.3, -0.25) is 9.79 Å². The number of imidazole rings is 1. The van der Waals surface area contributed by atoms with E-state index in [0.29, 0.717) is 24.5 Å². The molecule has 7 heteroatoms. The molecule has 33 heavy (non-hydrogen) atoms. The Labute approximate surface area is 199 Å². The fourth-order valence-corrected chi connectivity index (χ4v) is 5.22. The first-order chi connectivity index (χ1) is 16.1. The summed E-state index contributed by atoms with van der Waals surface area (Å²) in [5, 5.41) is 3.21. The Morgan fingerprint density at radius 1 is 1.18 bits per heavy atom. The first kappa shape index (κ1) is 25.5. The fraction of sp³-hybridized carbons (Fsp3) is 0.731. The zero-order valence-electron chi connectivity index (χ0n) is 20.9. The summed E-state index contributed by atoms with van der Waals surface area (Å²) < 4.78 is 5.42. The van der Waals surface area contributed by atoms with Crippen molar-refractivity contribution in [2.45, 2.75) is 109 Å². The molecular weight excluding hydrogens is 414 g/mol. The summed E-state index contributed by atoms with van der Waals surface area (Å²) in [6.07, 6.45) is 17.8. The molecule has 1 aromatic heterocycles. The average Bonchev–Trinajstić information content (AvgIpc) is 3.37. The lowest BCUT2D eigenvalue weighted by molar-refractivity contribution is -0.122. The first-order valence-corrected chi connectivity index (χ1v) is 12.9. The highest BCUT2D eigenvalue weighted by atomic mass is 16.5. The van der Waals surface area contributed by atoms with Crippen molar-refractivity contribution in [2.24, 2.45) is 4.99 Å². The number of aromatic nitrogens is 2. The number of carbonyl (C=O) groups excluding carboxylic acids is 1. The van der Waals surface area contributed by atoms with Crippen molar-refractivity contribution in [3.05, 3.63) is 30.0 Å². The molecule has 1 amide bonds. The largest absolute Gasteiger partial charge is 0.381 e. The molecule has 184 valence electrons. The van der Waals surface area contributed by atoms with Crippen molar-refractivity contribution >= 4 is 12.2 Å². The zero-order valence-corrected chi connectivity index (χ0v) is 20.9. The molecule has 1 aromatic rings. The predicted octanol–water partition coefficient (Wildman–Crippen LogP) is 4.89. The highest BCUT2D eigenvalue weighted by molar-refractivity contribution is 5.77. The van der Waals surface area contributed by atoms with Gasteiger partial charge in [0.15, 0.2) is 0 Å². The number of aromatic amines is 1. The summed E-state index contributed by atoms with van der Waals surface area (Å²) in [4.78, 5) is 27.3. The molecule has 1 atom stereocenters. The van der Waals surface area contributed by atoms with Gasteiger partial charge in [-0.15, -0.1) is 0 Å². The minimum atomic E-state index is 0.0927. The van der Waals surface area contributed by atoms with Crippen LogP contribution in [0, 0.1) is 0 Å². The fourth-order valence-electron chi connectivity index (χ4n) is 5.22. The van der Waals surface area contributed by atoms with Crippen LogP contribution in [0.2, 0.25) is 0 Å². The van der Waals surface area contributed by atoms with Crippen LogP contribution in [0.25, 0.3) is 0 Å². The SMILES string of the molecule is CC.COC1CCC(NC(=O)C[C@H](C)c2ncc(C3CCC(N4C=CCN=C4)CC3)[nH]2)CC1. The molecule has 2 N–H and O–H groups in total. The lowest BCUT2D eigenvalue weighted by Crippen LogP contribution is -2.39. The molecule has 2 aliphatic carbocycles.